The molecule has 0 fully saturated rings. The van der Waals surface area contributed by atoms with Crippen molar-refractivity contribution in [3.8, 4) is 0 Å². The summed E-state index contributed by atoms with van der Waals surface area (Å²) in [6, 6.07) is -9.71. The Balaban J connectivity index is 5.93. The van der Waals surface area contributed by atoms with Crippen molar-refractivity contribution in [3.05, 3.63) is 0 Å². The summed E-state index contributed by atoms with van der Waals surface area (Å²) >= 11 is 0. The summed E-state index contributed by atoms with van der Waals surface area (Å²) in [5.74, 6) is -12.8. The molecule has 0 saturated heterocycles. The van der Waals surface area contributed by atoms with Crippen LogP contribution in [0.1, 0.15) is 58.3 Å². The van der Waals surface area contributed by atoms with E-state index in [2.05, 4.69) is 21.3 Å². The summed E-state index contributed by atoms with van der Waals surface area (Å²) in [6.45, 7) is 0.308. The van der Waals surface area contributed by atoms with Crippen LogP contribution in [0.4, 0.5) is 0 Å². The Morgan fingerprint density at radius 1 is 0.479 bits per heavy atom. The molecule has 0 aromatic heterocycles. The van der Waals surface area contributed by atoms with Crippen molar-refractivity contribution in [1.29, 1.82) is 0 Å². The molecule has 22 heteroatoms. The van der Waals surface area contributed by atoms with Crippen molar-refractivity contribution >= 4 is 59.4 Å². The van der Waals surface area contributed by atoms with E-state index >= 15 is 0 Å². The number of hydrogen-bond donors (Lipinski definition) is 12. The topological polar surface area (TPSA) is 378 Å². The lowest BCUT2D eigenvalue weighted by molar-refractivity contribution is -0.144. The van der Waals surface area contributed by atoms with Crippen molar-refractivity contribution in [2.75, 3.05) is 6.61 Å². The Bertz CT molecular complexity index is 1230. The van der Waals surface area contributed by atoms with Crippen LogP contribution in [0.5, 0.6) is 0 Å². The Kier molecular flexibility index (Phi) is 19.0. The molecule has 0 rings (SSSR count). The smallest absolute Gasteiger partial charge is 0.326 e. The largest absolute Gasteiger partial charge is 0.481 e. The lowest BCUT2D eigenvalue weighted by Gasteiger charge is -2.25. The van der Waals surface area contributed by atoms with Crippen molar-refractivity contribution in [3.63, 3.8) is 0 Å². The molecule has 0 aliphatic rings. The van der Waals surface area contributed by atoms with Gasteiger partial charge in [0.05, 0.1) is 6.61 Å². The molecule has 0 unspecified atom stereocenters. The summed E-state index contributed by atoms with van der Waals surface area (Å²) in [4.78, 5) is 119. The summed E-state index contributed by atoms with van der Waals surface area (Å²) in [7, 11) is 0. The average molecular weight is 693 g/mol. The zero-order valence-corrected chi connectivity index (χ0v) is 25.7. The Hall–Kier alpha value is -5.38. The van der Waals surface area contributed by atoms with E-state index in [4.69, 9.17) is 31.3 Å². The third-order valence-electron chi connectivity index (χ3n) is 6.39. The maximum absolute atomic E-state index is 13.1. The molecule has 48 heavy (non-hydrogen) atoms. The first-order valence-electron chi connectivity index (χ1n) is 14.3. The minimum atomic E-state index is -1.74. The maximum atomic E-state index is 13.1. The molecule has 6 atom stereocenters. The van der Waals surface area contributed by atoms with Crippen LogP contribution >= 0.6 is 0 Å². The maximum Gasteiger partial charge on any atom is 0.326 e. The molecule has 0 radical (unpaired) electrons. The van der Waals surface area contributed by atoms with E-state index in [0.717, 1.165) is 6.92 Å². The minimum absolute atomic E-state index is 0.456. The summed E-state index contributed by atoms with van der Waals surface area (Å²) in [6.07, 6.45) is -4.91. The molecular weight excluding hydrogens is 652 g/mol. The van der Waals surface area contributed by atoms with E-state index in [1.54, 1.807) is 0 Å². The first-order valence-corrected chi connectivity index (χ1v) is 14.3. The molecule has 270 valence electrons. The number of nitrogens with one attached hydrogen (secondary N) is 5. The number of aliphatic hydroxyl groups is 1. The van der Waals surface area contributed by atoms with Crippen LogP contribution in [-0.2, 0) is 47.9 Å². The number of nitrogens with two attached hydrogens (primary N) is 1. The number of carboxylic acid groups (broad SMARTS) is 5. The summed E-state index contributed by atoms with van der Waals surface area (Å²) in [5.41, 5.74) is 5.40. The molecular formula is C26H40N6O16. The number of aliphatic hydroxyl groups excluding tert-OH is 1. The Morgan fingerprint density at radius 2 is 0.771 bits per heavy atom. The third-order valence-corrected chi connectivity index (χ3v) is 6.39. The number of carbonyl (C=O) groups is 10. The number of hydrogen-bond acceptors (Lipinski definition) is 12. The Morgan fingerprint density at radius 3 is 1.10 bits per heavy atom. The summed E-state index contributed by atoms with van der Waals surface area (Å²) < 4.78 is 0. The van der Waals surface area contributed by atoms with E-state index < -0.39 is 154 Å². The molecule has 0 aromatic rings. The second-order valence-electron chi connectivity index (χ2n) is 10.3. The fourth-order valence-corrected chi connectivity index (χ4v) is 3.72. The first-order chi connectivity index (χ1) is 22.3. The number of amides is 5. The molecule has 0 aromatic carbocycles. The fraction of sp³-hybridized carbons (Fsp3) is 0.615. The van der Waals surface area contributed by atoms with Gasteiger partial charge in [0.2, 0.25) is 29.5 Å². The normalized spacial score (nSPS) is 14.4. The number of carboxylic acids is 5. The highest BCUT2D eigenvalue weighted by molar-refractivity contribution is 5.96. The highest BCUT2D eigenvalue weighted by Gasteiger charge is 2.32. The van der Waals surface area contributed by atoms with Gasteiger partial charge in [-0.05, 0) is 32.6 Å². The van der Waals surface area contributed by atoms with Crippen LogP contribution in [-0.4, -0.2) is 133 Å². The zero-order chi connectivity index (χ0) is 37.1. The van der Waals surface area contributed by atoms with Crippen molar-refractivity contribution in [2.45, 2.75) is 94.5 Å². The van der Waals surface area contributed by atoms with Gasteiger partial charge in [-0.2, -0.15) is 0 Å². The molecule has 5 amide bonds. The molecule has 0 heterocycles. The Labute approximate surface area is 271 Å². The number of aliphatic carboxylic acids is 5. The van der Waals surface area contributed by atoms with Crippen LogP contribution < -0.4 is 32.3 Å². The summed E-state index contributed by atoms with van der Waals surface area (Å²) in [5, 5.41) is 64.9. The lowest BCUT2D eigenvalue weighted by atomic mass is 10.1. The van der Waals surface area contributed by atoms with Gasteiger partial charge in [0.1, 0.15) is 36.3 Å². The van der Waals surface area contributed by atoms with E-state index in [9.17, 15) is 53.1 Å². The van der Waals surface area contributed by atoms with Crippen LogP contribution in [0.2, 0.25) is 0 Å². The monoisotopic (exact) mass is 692 g/mol. The third kappa shape index (κ3) is 17.4. The lowest BCUT2D eigenvalue weighted by Crippen LogP contribution is -2.59. The van der Waals surface area contributed by atoms with Gasteiger partial charge in [-0.1, -0.05) is 0 Å². The molecule has 0 bridgehead atoms. The van der Waals surface area contributed by atoms with Crippen molar-refractivity contribution < 1.29 is 78.6 Å². The van der Waals surface area contributed by atoms with Gasteiger partial charge in [0.25, 0.3) is 0 Å². The van der Waals surface area contributed by atoms with Gasteiger partial charge in [-0.3, -0.25) is 43.2 Å². The minimum Gasteiger partial charge on any atom is -0.481 e. The van der Waals surface area contributed by atoms with E-state index in [1.165, 1.54) is 0 Å². The molecule has 0 aliphatic carbocycles. The van der Waals surface area contributed by atoms with Gasteiger partial charge >= 0.3 is 29.8 Å². The highest BCUT2D eigenvalue weighted by Crippen LogP contribution is 2.07. The zero-order valence-electron chi connectivity index (χ0n) is 25.7. The van der Waals surface area contributed by atoms with Crippen LogP contribution in [0, 0.1) is 0 Å². The molecule has 0 saturated carbocycles. The molecule has 13 N–H and O–H groups in total. The number of rotatable bonds is 24. The second-order valence-corrected chi connectivity index (χ2v) is 10.3. The van der Waals surface area contributed by atoms with E-state index in [1.807, 2.05) is 5.32 Å². The predicted octanol–water partition coefficient (Wildman–Crippen LogP) is -4.71. The van der Waals surface area contributed by atoms with Gasteiger partial charge in [0, 0.05) is 25.7 Å². The van der Waals surface area contributed by atoms with Gasteiger partial charge in [-0.15, -0.1) is 0 Å². The van der Waals surface area contributed by atoms with Crippen molar-refractivity contribution in [1.82, 2.24) is 26.6 Å². The quantitative estimate of drug-likeness (QED) is 0.0452. The van der Waals surface area contributed by atoms with E-state index in [0.29, 0.717) is 0 Å². The van der Waals surface area contributed by atoms with Crippen LogP contribution in [0.25, 0.3) is 0 Å². The molecule has 0 spiro atoms. The van der Waals surface area contributed by atoms with Crippen LogP contribution in [0.3, 0.4) is 0 Å². The van der Waals surface area contributed by atoms with Gasteiger partial charge < -0.3 is 63.0 Å². The average Bonchev–Trinajstić information content (AvgIpc) is 2.99. The van der Waals surface area contributed by atoms with Crippen LogP contribution in [0.15, 0.2) is 0 Å². The standard InChI is InChI=1S/C26H40N6O16/c1-11(28-23(44)13(2-6-17(34)35)30-22(43)12(27)10-33)21(42)29-14(3-7-18(36)37)24(45)31-15(4-8-19(38)39)25(46)32-16(26(47)48)5-9-20(40)41/h11-16,33H,2-10,27H2,1H3,(H,28,44)(H,29,42)(H,30,43)(H,31,45)(H,32,46)(H,34,35)(H,36,37)(H,38,39)(H,40,41)(H,47,48)/t11-,12-,13-,14-,15-,16-/m0/s1. The first kappa shape index (κ1) is 42.6. The molecule has 0 aliphatic heterocycles. The van der Waals surface area contributed by atoms with Gasteiger partial charge in [-0.25, -0.2) is 4.79 Å². The number of carbonyl (C=O) groups excluding carboxylic acids is 5. The molecule has 22 nitrogen and oxygen atoms in total. The fourth-order valence-electron chi connectivity index (χ4n) is 3.72. The van der Waals surface area contributed by atoms with E-state index in [-0.39, 0.29) is 0 Å². The predicted molar refractivity (Wildman–Crippen MR) is 156 cm³/mol. The second kappa shape index (κ2) is 21.4. The van der Waals surface area contributed by atoms with Crippen molar-refractivity contribution in [2.24, 2.45) is 5.73 Å². The SMILES string of the molecule is C[C@H](NC(=O)[C@H](CCC(=O)O)NC(=O)[C@@H](N)CO)C(=O)N[C@@H](CCC(=O)O)C(=O)N[C@@H](CCC(=O)O)C(=O)N[C@@H](CCC(=O)O)C(=O)O. The highest BCUT2D eigenvalue weighted by atomic mass is 16.4. The van der Waals surface area contributed by atoms with Gasteiger partial charge in [0.15, 0.2) is 0 Å².